The van der Waals surface area contributed by atoms with Crippen LogP contribution in [-0.4, -0.2) is 19.8 Å². The number of nitrogens with one attached hydrogen (secondary N) is 2. The Balaban J connectivity index is 2.39. The fraction of sp³-hybridized carbons (Fsp3) is 0.533. The van der Waals surface area contributed by atoms with E-state index in [1.165, 1.54) is 0 Å². The first kappa shape index (κ1) is 16.0. The normalized spacial score (nSPS) is 18.4. The molecule has 2 rings (SSSR count). The maximum atomic E-state index is 12.7. The largest absolute Gasteiger partial charge is 0.386 e. The Bertz CT molecular complexity index is 647. The van der Waals surface area contributed by atoms with Gasteiger partial charge >= 0.3 is 0 Å². The van der Waals surface area contributed by atoms with Crippen LogP contribution in [0.2, 0.25) is 0 Å². The van der Waals surface area contributed by atoms with Crippen LogP contribution in [0.25, 0.3) is 0 Å². The van der Waals surface area contributed by atoms with Crippen LogP contribution in [0, 0.1) is 19.3 Å². The van der Waals surface area contributed by atoms with Crippen molar-refractivity contribution in [3.63, 3.8) is 0 Å². The van der Waals surface area contributed by atoms with Crippen molar-refractivity contribution in [1.82, 2.24) is 4.72 Å². The maximum absolute atomic E-state index is 12.7. The Morgan fingerprint density at radius 2 is 1.86 bits per heavy atom. The monoisotopic (exact) mass is 309 g/mol. The molecule has 0 aliphatic heterocycles. The van der Waals surface area contributed by atoms with Gasteiger partial charge in [0.1, 0.15) is 5.84 Å². The predicted octanol–water partition coefficient (Wildman–Crippen LogP) is 2.22. The maximum Gasteiger partial charge on any atom is 0.241 e. The number of hydrogen-bond acceptors (Lipinski definition) is 3. The summed E-state index contributed by atoms with van der Waals surface area (Å²) in [5, 5.41) is 7.83. The van der Waals surface area contributed by atoms with Gasteiger partial charge in [0.05, 0.1) is 10.4 Å². The number of sulfonamides is 1. The SMILES string of the molecule is Cc1ccc(C)c(S(=O)(=O)NC2(C(=N)N)CCCCC2)c1. The predicted molar refractivity (Wildman–Crippen MR) is 84.0 cm³/mol. The van der Waals surface area contributed by atoms with Gasteiger partial charge in [-0.2, -0.15) is 4.72 Å². The zero-order chi connectivity index (χ0) is 15.7. The molecule has 0 aromatic heterocycles. The van der Waals surface area contributed by atoms with Crippen molar-refractivity contribution in [2.24, 2.45) is 5.73 Å². The molecule has 116 valence electrons. The van der Waals surface area contributed by atoms with Crippen molar-refractivity contribution < 1.29 is 8.42 Å². The molecular formula is C15H23N3O2S. The molecule has 1 aliphatic carbocycles. The second-order valence-electron chi connectivity index (χ2n) is 5.93. The van der Waals surface area contributed by atoms with Gasteiger partial charge in [0.15, 0.2) is 0 Å². The summed E-state index contributed by atoms with van der Waals surface area (Å²) >= 11 is 0. The minimum absolute atomic E-state index is 0.0870. The van der Waals surface area contributed by atoms with Gasteiger partial charge in [0.25, 0.3) is 0 Å². The molecule has 1 aliphatic rings. The zero-order valence-electron chi connectivity index (χ0n) is 12.6. The highest BCUT2D eigenvalue weighted by Gasteiger charge is 2.39. The van der Waals surface area contributed by atoms with Crippen LogP contribution in [0.5, 0.6) is 0 Å². The van der Waals surface area contributed by atoms with E-state index in [0.29, 0.717) is 18.4 Å². The number of hydrogen-bond donors (Lipinski definition) is 3. The molecule has 0 unspecified atom stereocenters. The second kappa shape index (κ2) is 5.77. The number of benzene rings is 1. The van der Waals surface area contributed by atoms with Crippen molar-refractivity contribution in [2.75, 3.05) is 0 Å². The molecule has 0 bridgehead atoms. The second-order valence-corrected chi connectivity index (χ2v) is 7.58. The first-order chi connectivity index (χ1) is 9.77. The molecule has 1 saturated carbocycles. The summed E-state index contributed by atoms with van der Waals surface area (Å²) in [4.78, 5) is 0.272. The summed E-state index contributed by atoms with van der Waals surface area (Å²) in [6, 6.07) is 5.34. The molecule has 1 aromatic carbocycles. The molecule has 0 spiro atoms. The molecule has 6 heteroatoms. The Hall–Kier alpha value is -1.40. The standard InChI is InChI=1S/C15H23N3O2S/c1-11-6-7-12(2)13(10-11)21(19,20)18-15(14(16)17)8-4-3-5-9-15/h6-7,10,18H,3-5,8-9H2,1-2H3,(H3,16,17). The van der Waals surface area contributed by atoms with Crippen LogP contribution in [0.4, 0.5) is 0 Å². The summed E-state index contributed by atoms with van der Waals surface area (Å²) in [7, 11) is -3.69. The van der Waals surface area contributed by atoms with E-state index < -0.39 is 15.6 Å². The van der Waals surface area contributed by atoms with Crippen LogP contribution in [-0.2, 0) is 10.0 Å². The van der Waals surface area contributed by atoms with Crippen LogP contribution >= 0.6 is 0 Å². The highest BCUT2D eigenvalue weighted by molar-refractivity contribution is 7.89. The van der Waals surface area contributed by atoms with Crippen molar-refractivity contribution in [2.45, 2.75) is 56.4 Å². The van der Waals surface area contributed by atoms with Crippen molar-refractivity contribution >= 4 is 15.9 Å². The molecule has 0 heterocycles. The molecule has 0 saturated heterocycles. The van der Waals surface area contributed by atoms with E-state index in [-0.39, 0.29) is 10.7 Å². The summed E-state index contributed by atoms with van der Waals surface area (Å²) in [5.74, 6) is -0.0870. The lowest BCUT2D eigenvalue weighted by Gasteiger charge is -2.36. The van der Waals surface area contributed by atoms with Gasteiger partial charge in [-0.1, -0.05) is 31.4 Å². The average molecular weight is 309 g/mol. The lowest BCUT2D eigenvalue weighted by atomic mass is 9.82. The average Bonchev–Trinajstić information content (AvgIpc) is 2.42. The molecule has 5 nitrogen and oxygen atoms in total. The summed E-state index contributed by atoms with van der Waals surface area (Å²) in [6.07, 6.45) is 4.00. The van der Waals surface area contributed by atoms with Gasteiger partial charge in [-0.15, -0.1) is 0 Å². The number of aryl methyl sites for hydroxylation is 2. The first-order valence-corrected chi connectivity index (χ1v) is 8.71. The van der Waals surface area contributed by atoms with E-state index in [2.05, 4.69) is 4.72 Å². The smallest absolute Gasteiger partial charge is 0.241 e. The number of nitrogens with two attached hydrogens (primary N) is 1. The van der Waals surface area contributed by atoms with Crippen LogP contribution in [0.3, 0.4) is 0 Å². The van der Waals surface area contributed by atoms with Crippen molar-refractivity contribution in [3.8, 4) is 0 Å². The Morgan fingerprint density at radius 3 is 2.43 bits per heavy atom. The number of rotatable bonds is 4. The van der Waals surface area contributed by atoms with E-state index in [4.69, 9.17) is 11.1 Å². The van der Waals surface area contributed by atoms with E-state index >= 15 is 0 Å². The van der Waals surface area contributed by atoms with E-state index in [0.717, 1.165) is 24.8 Å². The highest BCUT2D eigenvalue weighted by atomic mass is 32.2. The van der Waals surface area contributed by atoms with Gasteiger partial charge in [-0.25, -0.2) is 8.42 Å². The fourth-order valence-electron chi connectivity index (χ4n) is 2.89. The topological polar surface area (TPSA) is 96.0 Å². The Labute approximate surface area is 126 Å². The third kappa shape index (κ3) is 3.27. The van der Waals surface area contributed by atoms with Gasteiger partial charge in [0, 0.05) is 0 Å². The minimum atomic E-state index is -3.69. The molecule has 1 fully saturated rings. The molecule has 0 atom stereocenters. The van der Waals surface area contributed by atoms with Crippen LogP contribution < -0.4 is 10.5 Å². The van der Waals surface area contributed by atoms with E-state index in [1.807, 2.05) is 13.0 Å². The third-order valence-corrected chi connectivity index (χ3v) is 5.86. The molecule has 4 N–H and O–H groups in total. The van der Waals surface area contributed by atoms with Crippen LogP contribution in [0.1, 0.15) is 43.2 Å². The minimum Gasteiger partial charge on any atom is -0.386 e. The zero-order valence-corrected chi connectivity index (χ0v) is 13.4. The van der Waals surface area contributed by atoms with Crippen molar-refractivity contribution in [1.29, 1.82) is 5.41 Å². The van der Waals surface area contributed by atoms with Crippen molar-refractivity contribution in [3.05, 3.63) is 29.3 Å². The van der Waals surface area contributed by atoms with Gasteiger partial charge in [-0.05, 0) is 43.9 Å². The van der Waals surface area contributed by atoms with E-state index in [1.54, 1.807) is 19.1 Å². The lowest BCUT2D eigenvalue weighted by Crippen LogP contribution is -2.58. The first-order valence-electron chi connectivity index (χ1n) is 7.23. The summed E-state index contributed by atoms with van der Waals surface area (Å²) in [6.45, 7) is 3.63. The summed E-state index contributed by atoms with van der Waals surface area (Å²) in [5.41, 5.74) is 6.38. The summed E-state index contributed by atoms with van der Waals surface area (Å²) < 4.78 is 28.2. The Kier molecular flexibility index (Phi) is 4.39. The van der Waals surface area contributed by atoms with Crippen LogP contribution in [0.15, 0.2) is 23.1 Å². The molecule has 21 heavy (non-hydrogen) atoms. The third-order valence-electron chi connectivity index (χ3n) is 4.19. The highest BCUT2D eigenvalue weighted by Crippen LogP contribution is 2.30. The fourth-order valence-corrected chi connectivity index (χ4v) is 4.66. The van der Waals surface area contributed by atoms with Gasteiger partial charge in [-0.3, -0.25) is 5.41 Å². The number of amidine groups is 1. The molecule has 0 amide bonds. The van der Waals surface area contributed by atoms with E-state index in [9.17, 15) is 8.42 Å². The molecular weight excluding hydrogens is 286 g/mol. The lowest BCUT2D eigenvalue weighted by molar-refractivity contribution is 0.348. The Morgan fingerprint density at radius 1 is 1.24 bits per heavy atom. The van der Waals surface area contributed by atoms with Gasteiger partial charge < -0.3 is 5.73 Å². The quantitative estimate of drug-likeness (QED) is 0.587. The molecule has 0 radical (unpaired) electrons. The van der Waals surface area contributed by atoms with Gasteiger partial charge in [0.2, 0.25) is 10.0 Å². The molecule has 1 aromatic rings.